The number of nitrogens with zero attached hydrogens (tertiary/aromatic N) is 2. The van der Waals surface area contributed by atoms with Crippen molar-refractivity contribution < 1.29 is 4.74 Å². The molecule has 96 valence electrons. The Morgan fingerprint density at radius 1 is 1.17 bits per heavy atom. The third kappa shape index (κ3) is 2.46. The number of methoxy groups -OCH3 is 1. The van der Waals surface area contributed by atoms with Crippen molar-refractivity contribution in [3.8, 4) is 5.75 Å². The number of hydrogen-bond acceptors (Lipinski definition) is 3. The molecule has 0 unspecified atom stereocenters. The van der Waals surface area contributed by atoms with Gasteiger partial charge in [-0.25, -0.2) is 0 Å². The summed E-state index contributed by atoms with van der Waals surface area (Å²) in [5, 5.41) is 1.12. The van der Waals surface area contributed by atoms with E-state index in [2.05, 4.69) is 41.9 Å². The molecule has 0 bridgehead atoms. The molecule has 0 fully saturated rings. The van der Waals surface area contributed by atoms with Crippen LogP contribution >= 0.6 is 0 Å². The molecule has 0 N–H and O–H groups in total. The van der Waals surface area contributed by atoms with Gasteiger partial charge in [-0.1, -0.05) is 32.0 Å². The Kier molecular flexibility index (Phi) is 4.15. The summed E-state index contributed by atoms with van der Waals surface area (Å²) in [6.07, 6.45) is 1.81. The first-order valence-electron chi connectivity index (χ1n) is 6.43. The SMILES string of the molecule is CCN(CC)Cc1ccc2cccnc2c1OC. The van der Waals surface area contributed by atoms with E-state index in [1.54, 1.807) is 7.11 Å². The van der Waals surface area contributed by atoms with E-state index in [9.17, 15) is 0 Å². The maximum atomic E-state index is 5.56. The van der Waals surface area contributed by atoms with Crippen molar-refractivity contribution in [1.82, 2.24) is 9.88 Å². The maximum Gasteiger partial charge on any atom is 0.149 e. The fourth-order valence-electron chi connectivity index (χ4n) is 2.20. The highest BCUT2D eigenvalue weighted by Gasteiger charge is 2.11. The van der Waals surface area contributed by atoms with Gasteiger partial charge in [-0.15, -0.1) is 0 Å². The average molecular weight is 244 g/mol. The van der Waals surface area contributed by atoms with Gasteiger partial charge in [0, 0.05) is 23.7 Å². The zero-order valence-electron chi connectivity index (χ0n) is 11.3. The fourth-order valence-corrected chi connectivity index (χ4v) is 2.20. The number of fused-ring (bicyclic) bond motifs is 1. The molecule has 0 aliphatic carbocycles. The van der Waals surface area contributed by atoms with E-state index in [1.165, 1.54) is 5.56 Å². The zero-order valence-corrected chi connectivity index (χ0v) is 11.3. The van der Waals surface area contributed by atoms with Crippen molar-refractivity contribution in [2.45, 2.75) is 20.4 Å². The van der Waals surface area contributed by atoms with Crippen LogP contribution < -0.4 is 4.74 Å². The Labute approximate surface area is 108 Å². The number of benzene rings is 1. The zero-order chi connectivity index (χ0) is 13.0. The number of hydrogen-bond donors (Lipinski definition) is 0. The van der Waals surface area contributed by atoms with Gasteiger partial charge in [-0.2, -0.15) is 0 Å². The lowest BCUT2D eigenvalue weighted by molar-refractivity contribution is 0.289. The monoisotopic (exact) mass is 244 g/mol. The molecule has 0 aliphatic rings. The van der Waals surface area contributed by atoms with Gasteiger partial charge in [0.25, 0.3) is 0 Å². The van der Waals surface area contributed by atoms with Crippen LogP contribution in [0.25, 0.3) is 10.9 Å². The van der Waals surface area contributed by atoms with Gasteiger partial charge in [0.05, 0.1) is 7.11 Å². The lowest BCUT2D eigenvalue weighted by atomic mass is 10.1. The molecule has 0 amide bonds. The van der Waals surface area contributed by atoms with E-state index in [0.29, 0.717) is 0 Å². The first kappa shape index (κ1) is 12.8. The van der Waals surface area contributed by atoms with Crippen LogP contribution in [0.3, 0.4) is 0 Å². The van der Waals surface area contributed by atoms with Gasteiger partial charge < -0.3 is 4.74 Å². The molecule has 0 atom stereocenters. The summed E-state index contributed by atoms with van der Waals surface area (Å²) < 4.78 is 5.56. The summed E-state index contributed by atoms with van der Waals surface area (Å²) in [5.74, 6) is 0.903. The summed E-state index contributed by atoms with van der Waals surface area (Å²) in [5.41, 5.74) is 2.15. The maximum absolute atomic E-state index is 5.56. The van der Waals surface area contributed by atoms with Crippen LogP contribution in [0.4, 0.5) is 0 Å². The Bertz CT molecular complexity index is 521. The normalized spacial score (nSPS) is 11.1. The van der Waals surface area contributed by atoms with Crippen molar-refractivity contribution in [2.75, 3.05) is 20.2 Å². The molecular formula is C15H20N2O. The minimum Gasteiger partial charge on any atom is -0.494 e. The Hall–Kier alpha value is -1.61. The standard InChI is InChI=1S/C15H20N2O/c1-4-17(5-2)11-13-9-8-12-7-6-10-16-14(12)15(13)18-3/h6-10H,4-5,11H2,1-3H3. The lowest BCUT2D eigenvalue weighted by Crippen LogP contribution is -2.22. The van der Waals surface area contributed by atoms with Gasteiger partial charge >= 0.3 is 0 Å². The smallest absolute Gasteiger partial charge is 0.149 e. The summed E-state index contributed by atoms with van der Waals surface area (Å²) in [6, 6.07) is 8.27. The summed E-state index contributed by atoms with van der Waals surface area (Å²) in [7, 11) is 1.72. The van der Waals surface area contributed by atoms with E-state index < -0.39 is 0 Å². The Morgan fingerprint density at radius 2 is 1.94 bits per heavy atom. The molecule has 3 heteroatoms. The largest absolute Gasteiger partial charge is 0.494 e. The summed E-state index contributed by atoms with van der Waals surface area (Å²) >= 11 is 0. The molecule has 0 saturated heterocycles. The summed E-state index contributed by atoms with van der Waals surface area (Å²) in [4.78, 5) is 6.80. The molecule has 2 rings (SSSR count). The van der Waals surface area contributed by atoms with Gasteiger partial charge in [0.15, 0.2) is 0 Å². The average Bonchev–Trinajstić information content (AvgIpc) is 2.44. The molecule has 0 radical (unpaired) electrons. The number of pyridine rings is 1. The molecule has 2 aromatic rings. The lowest BCUT2D eigenvalue weighted by Gasteiger charge is -2.20. The van der Waals surface area contributed by atoms with Crippen molar-refractivity contribution in [1.29, 1.82) is 0 Å². The molecule has 3 nitrogen and oxygen atoms in total. The Morgan fingerprint density at radius 3 is 2.61 bits per heavy atom. The molecule has 0 aliphatic heterocycles. The third-order valence-corrected chi connectivity index (χ3v) is 3.30. The van der Waals surface area contributed by atoms with Crippen LogP contribution in [-0.4, -0.2) is 30.1 Å². The molecule has 1 heterocycles. The highest BCUT2D eigenvalue weighted by molar-refractivity contribution is 5.85. The van der Waals surface area contributed by atoms with Crippen LogP contribution in [0.2, 0.25) is 0 Å². The van der Waals surface area contributed by atoms with E-state index >= 15 is 0 Å². The van der Waals surface area contributed by atoms with E-state index in [1.807, 2.05) is 12.3 Å². The van der Waals surface area contributed by atoms with Crippen LogP contribution in [0.1, 0.15) is 19.4 Å². The predicted molar refractivity (Wildman–Crippen MR) is 74.9 cm³/mol. The second-order valence-corrected chi connectivity index (χ2v) is 4.29. The Balaban J connectivity index is 2.44. The van der Waals surface area contributed by atoms with E-state index in [-0.39, 0.29) is 0 Å². The van der Waals surface area contributed by atoms with Crippen LogP contribution in [0, 0.1) is 0 Å². The first-order chi connectivity index (χ1) is 8.80. The van der Waals surface area contributed by atoms with Crippen LogP contribution in [-0.2, 0) is 6.54 Å². The third-order valence-electron chi connectivity index (χ3n) is 3.30. The molecule has 0 saturated carbocycles. The van der Waals surface area contributed by atoms with Gasteiger partial charge in [0.1, 0.15) is 11.3 Å². The number of ether oxygens (including phenoxy) is 1. The molecule has 0 spiro atoms. The van der Waals surface area contributed by atoms with E-state index in [4.69, 9.17) is 4.74 Å². The quantitative estimate of drug-likeness (QED) is 0.808. The molecule has 1 aromatic carbocycles. The highest BCUT2D eigenvalue weighted by Crippen LogP contribution is 2.28. The molecule has 18 heavy (non-hydrogen) atoms. The van der Waals surface area contributed by atoms with Crippen molar-refractivity contribution in [3.05, 3.63) is 36.0 Å². The second kappa shape index (κ2) is 5.83. The molecular weight excluding hydrogens is 224 g/mol. The number of rotatable bonds is 5. The molecule has 1 aromatic heterocycles. The first-order valence-corrected chi connectivity index (χ1v) is 6.43. The summed E-state index contributed by atoms with van der Waals surface area (Å²) in [6.45, 7) is 7.34. The van der Waals surface area contributed by atoms with E-state index in [0.717, 1.165) is 36.3 Å². The minimum absolute atomic E-state index is 0.903. The van der Waals surface area contributed by atoms with Gasteiger partial charge in [-0.3, -0.25) is 9.88 Å². The second-order valence-electron chi connectivity index (χ2n) is 4.29. The van der Waals surface area contributed by atoms with Crippen molar-refractivity contribution in [3.63, 3.8) is 0 Å². The number of aromatic nitrogens is 1. The highest BCUT2D eigenvalue weighted by atomic mass is 16.5. The fraction of sp³-hybridized carbons (Fsp3) is 0.400. The predicted octanol–water partition coefficient (Wildman–Crippen LogP) is 3.09. The topological polar surface area (TPSA) is 25.4 Å². The van der Waals surface area contributed by atoms with Gasteiger partial charge in [-0.05, 0) is 19.2 Å². The van der Waals surface area contributed by atoms with Crippen LogP contribution in [0.15, 0.2) is 30.5 Å². The van der Waals surface area contributed by atoms with Crippen LogP contribution in [0.5, 0.6) is 5.75 Å². The van der Waals surface area contributed by atoms with Crippen molar-refractivity contribution in [2.24, 2.45) is 0 Å². The van der Waals surface area contributed by atoms with Gasteiger partial charge in [0.2, 0.25) is 0 Å². The minimum atomic E-state index is 0.903. The van der Waals surface area contributed by atoms with Crippen molar-refractivity contribution >= 4 is 10.9 Å².